The van der Waals surface area contributed by atoms with E-state index < -0.39 is 0 Å². The van der Waals surface area contributed by atoms with Gasteiger partial charge in [-0.1, -0.05) is 30.3 Å². The summed E-state index contributed by atoms with van der Waals surface area (Å²) in [6.45, 7) is 0.551. The molecule has 168 valence electrons. The molecule has 1 N–H and O–H groups in total. The molecule has 3 heterocycles. The largest absolute Gasteiger partial charge is 0.346 e. The maximum atomic E-state index is 12.9. The summed E-state index contributed by atoms with van der Waals surface area (Å²) in [5.41, 5.74) is 3.68. The van der Waals surface area contributed by atoms with Crippen molar-refractivity contribution in [3.8, 4) is 10.6 Å². The zero-order valence-corrected chi connectivity index (χ0v) is 18.9. The summed E-state index contributed by atoms with van der Waals surface area (Å²) in [6, 6.07) is 18.1. The summed E-state index contributed by atoms with van der Waals surface area (Å²) in [7, 11) is 0. The Morgan fingerprint density at radius 1 is 0.941 bits per heavy atom. The Kier molecular flexibility index (Phi) is 5.97. The van der Waals surface area contributed by atoms with Gasteiger partial charge in [0.2, 0.25) is 0 Å². The summed E-state index contributed by atoms with van der Waals surface area (Å²) in [5.74, 6) is -1.02. The molecular formula is C26H20N4O3S. The van der Waals surface area contributed by atoms with Crippen LogP contribution in [0.2, 0.25) is 0 Å². The van der Waals surface area contributed by atoms with E-state index in [0.29, 0.717) is 24.1 Å². The van der Waals surface area contributed by atoms with Gasteiger partial charge in [-0.2, -0.15) is 0 Å². The summed E-state index contributed by atoms with van der Waals surface area (Å²) < 4.78 is 0. The van der Waals surface area contributed by atoms with Crippen LogP contribution in [-0.2, 0) is 13.0 Å². The molecular weight excluding hydrogens is 448 g/mol. The number of carbonyl (C=O) groups is 3. The van der Waals surface area contributed by atoms with Gasteiger partial charge < -0.3 is 5.32 Å². The Hall–Kier alpha value is -4.17. The van der Waals surface area contributed by atoms with E-state index in [1.54, 1.807) is 24.5 Å². The lowest BCUT2D eigenvalue weighted by Crippen LogP contribution is -2.31. The topological polar surface area (TPSA) is 92.3 Å². The average Bonchev–Trinajstić information content (AvgIpc) is 3.45. The van der Waals surface area contributed by atoms with Crippen LogP contribution in [0.25, 0.3) is 10.6 Å². The van der Waals surface area contributed by atoms with Gasteiger partial charge in [-0.25, -0.2) is 4.98 Å². The monoisotopic (exact) mass is 468 g/mol. The number of hydrogen-bond acceptors (Lipinski definition) is 6. The standard InChI is InChI=1S/C26H20N4O3S/c31-23(28-15-20-16-34-24(29-20)18-8-11-27-12-9-18)19-6-7-21-22(14-19)26(33)30(25(21)32)13-10-17-4-2-1-3-5-17/h1-9,11-12,14,16H,10,13,15H2,(H,28,31). The molecule has 8 heteroatoms. The van der Waals surface area contributed by atoms with E-state index >= 15 is 0 Å². The first kappa shape index (κ1) is 21.7. The first-order valence-corrected chi connectivity index (χ1v) is 11.7. The molecule has 0 spiro atoms. The van der Waals surface area contributed by atoms with Crippen LogP contribution in [0.5, 0.6) is 0 Å². The predicted molar refractivity (Wildman–Crippen MR) is 128 cm³/mol. The van der Waals surface area contributed by atoms with Crippen LogP contribution in [0, 0.1) is 0 Å². The smallest absolute Gasteiger partial charge is 0.261 e. The molecule has 0 atom stereocenters. The Labute approximate surface area is 200 Å². The van der Waals surface area contributed by atoms with E-state index in [0.717, 1.165) is 21.8 Å². The van der Waals surface area contributed by atoms with Crippen molar-refractivity contribution in [2.24, 2.45) is 0 Å². The summed E-state index contributed by atoms with van der Waals surface area (Å²) in [4.78, 5) is 48.1. The number of nitrogens with zero attached hydrogens (tertiary/aromatic N) is 3. The van der Waals surface area contributed by atoms with Crippen molar-refractivity contribution >= 4 is 29.1 Å². The molecule has 0 bridgehead atoms. The number of pyridine rings is 1. The number of nitrogens with one attached hydrogen (secondary N) is 1. The van der Waals surface area contributed by atoms with E-state index in [9.17, 15) is 14.4 Å². The lowest BCUT2D eigenvalue weighted by atomic mass is 10.1. The molecule has 34 heavy (non-hydrogen) atoms. The summed E-state index contributed by atoms with van der Waals surface area (Å²) in [6.07, 6.45) is 4.00. The van der Waals surface area contributed by atoms with Crippen molar-refractivity contribution in [2.45, 2.75) is 13.0 Å². The third-order valence-corrected chi connectivity index (χ3v) is 6.55. The van der Waals surface area contributed by atoms with Crippen LogP contribution in [0.4, 0.5) is 0 Å². The maximum Gasteiger partial charge on any atom is 0.261 e. The Bertz CT molecular complexity index is 1370. The SMILES string of the molecule is O=C(NCc1csc(-c2ccncc2)n1)c1ccc2c(c1)C(=O)N(CCc1ccccc1)C2=O. The number of benzene rings is 2. The first-order valence-electron chi connectivity index (χ1n) is 10.8. The number of carbonyl (C=O) groups excluding carboxylic acids is 3. The van der Waals surface area contributed by atoms with Crippen molar-refractivity contribution in [3.63, 3.8) is 0 Å². The van der Waals surface area contributed by atoms with E-state index in [1.165, 1.54) is 22.3 Å². The predicted octanol–water partition coefficient (Wildman–Crippen LogP) is 3.97. The molecule has 0 fully saturated rings. The normalized spacial score (nSPS) is 12.6. The van der Waals surface area contributed by atoms with Gasteiger partial charge in [0.1, 0.15) is 5.01 Å². The minimum absolute atomic E-state index is 0.258. The maximum absolute atomic E-state index is 12.9. The molecule has 0 unspecified atom stereocenters. The third kappa shape index (κ3) is 4.35. The lowest BCUT2D eigenvalue weighted by Gasteiger charge is -2.13. The Balaban J connectivity index is 1.24. The molecule has 0 saturated heterocycles. The van der Waals surface area contributed by atoms with Gasteiger partial charge in [0.25, 0.3) is 17.7 Å². The van der Waals surface area contributed by atoms with Crippen molar-refractivity contribution in [3.05, 3.63) is 106 Å². The highest BCUT2D eigenvalue weighted by Gasteiger charge is 2.35. The van der Waals surface area contributed by atoms with Crippen LogP contribution in [0.15, 0.2) is 78.4 Å². The van der Waals surface area contributed by atoms with E-state index in [-0.39, 0.29) is 29.8 Å². The van der Waals surface area contributed by atoms with E-state index in [1.807, 2.05) is 47.8 Å². The highest BCUT2D eigenvalue weighted by molar-refractivity contribution is 7.13. The molecule has 4 aromatic rings. The van der Waals surface area contributed by atoms with Gasteiger partial charge in [-0.3, -0.25) is 24.3 Å². The zero-order valence-electron chi connectivity index (χ0n) is 18.1. The number of imide groups is 1. The molecule has 7 nitrogen and oxygen atoms in total. The van der Waals surface area contributed by atoms with Crippen molar-refractivity contribution in [1.82, 2.24) is 20.2 Å². The number of hydrogen-bond donors (Lipinski definition) is 1. The second kappa shape index (κ2) is 9.36. The van der Waals surface area contributed by atoms with Gasteiger partial charge in [0.05, 0.1) is 23.4 Å². The number of amides is 3. The minimum atomic E-state index is -0.368. The molecule has 5 rings (SSSR count). The van der Waals surface area contributed by atoms with E-state index in [4.69, 9.17) is 0 Å². The highest BCUT2D eigenvalue weighted by atomic mass is 32.1. The van der Waals surface area contributed by atoms with Gasteiger partial charge in [-0.15, -0.1) is 11.3 Å². The van der Waals surface area contributed by atoms with Crippen molar-refractivity contribution in [2.75, 3.05) is 6.54 Å². The molecule has 0 saturated carbocycles. The summed E-state index contributed by atoms with van der Waals surface area (Å²) >= 11 is 1.49. The quantitative estimate of drug-likeness (QED) is 0.414. The number of fused-ring (bicyclic) bond motifs is 1. The average molecular weight is 469 g/mol. The van der Waals surface area contributed by atoms with Crippen LogP contribution in [0.1, 0.15) is 42.3 Å². The fourth-order valence-electron chi connectivity index (χ4n) is 3.81. The molecule has 1 aliphatic rings. The van der Waals surface area contributed by atoms with Crippen LogP contribution in [0.3, 0.4) is 0 Å². The van der Waals surface area contributed by atoms with Crippen LogP contribution in [-0.4, -0.2) is 39.1 Å². The van der Waals surface area contributed by atoms with Gasteiger partial charge in [0.15, 0.2) is 0 Å². The summed E-state index contributed by atoms with van der Waals surface area (Å²) in [5, 5.41) is 5.58. The van der Waals surface area contributed by atoms with Gasteiger partial charge >= 0.3 is 0 Å². The molecule has 3 amide bonds. The molecule has 2 aromatic carbocycles. The van der Waals surface area contributed by atoms with Crippen molar-refractivity contribution < 1.29 is 14.4 Å². The second-order valence-electron chi connectivity index (χ2n) is 7.82. The Morgan fingerprint density at radius 2 is 1.71 bits per heavy atom. The fraction of sp³-hybridized carbons (Fsp3) is 0.115. The van der Waals surface area contributed by atoms with Crippen LogP contribution >= 0.6 is 11.3 Å². The van der Waals surface area contributed by atoms with Crippen molar-refractivity contribution in [1.29, 1.82) is 0 Å². The number of rotatable bonds is 7. The lowest BCUT2D eigenvalue weighted by molar-refractivity contribution is 0.0656. The molecule has 2 aromatic heterocycles. The fourth-order valence-corrected chi connectivity index (χ4v) is 4.63. The van der Waals surface area contributed by atoms with Gasteiger partial charge in [-0.05, 0) is 42.3 Å². The molecule has 0 aliphatic carbocycles. The molecule has 0 radical (unpaired) electrons. The Morgan fingerprint density at radius 3 is 2.50 bits per heavy atom. The minimum Gasteiger partial charge on any atom is -0.346 e. The second-order valence-corrected chi connectivity index (χ2v) is 8.68. The van der Waals surface area contributed by atoms with E-state index in [2.05, 4.69) is 15.3 Å². The highest BCUT2D eigenvalue weighted by Crippen LogP contribution is 2.25. The zero-order chi connectivity index (χ0) is 23.5. The third-order valence-electron chi connectivity index (χ3n) is 5.61. The van der Waals surface area contributed by atoms with Gasteiger partial charge in [0, 0.05) is 35.4 Å². The molecule has 1 aliphatic heterocycles. The number of thiazole rings is 1. The first-order chi connectivity index (χ1) is 16.6. The number of aromatic nitrogens is 2. The van der Waals surface area contributed by atoms with Crippen LogP contribution < -0.4 is 5.32 Å².